The van der Waals surface area contributed by atoms with Gasteiger partial charge >= 0.3 is 0 Å². The molecule has 184 valence electrons. The van der Waals surface area contributed by atoms with Crippen LogP contribution in [0.2, 0.25) is 0 Å². The summed E-state index contributed by atoms with van der Waals surface area (Å²) in [6.45, 7) is 6.57. The van der Waals surface area contributed by atoms with Crippen LogP contribution >= 0.6 is 0 Å². The first-order valence-corrected chi connectivity index (χ1v) is 12.0. The third-order valence-electron chi connectivity index (χ3n) is 6.82. The van der Waals surface area contributed by atoms with Crippen LogP contribution in [0.5, 0.6) is 0 Å². The molecule has 2 aliphatic rings. The number of alkyl halides is 2. The molecule has 5 rings (SSSR count). The molecule has 3 aromatic heterocycles. The normalized spacial score (nSPS) is 19.0. The van der Waals surface area contributed by atoms with Crippen LogP contribution in [-0.4, -0.2) is 61.8 Å². The maximum absolute atomic E-state index is 13.1. The smallest absolute Gasteiger partial charge is 0.249 e. The van der Waals surface area contributed by atoms with E-state index in [1.807, 2.05) is 6.07 Å². The van der Waals surface area contributed by atoms with Crippen molar-refractivity contribution < 1.29 is 13.6 Å². The number of nitrogens with one attached hydrogen (secondary N) is 2. The monoisotopic (exact) mass is 481 g/mol. The molecule has 0 radical (unpaired) electrons. The van der Waals surface area contributed by atoms with E-state index in [9.17, 15) is 13.6 Å². The van der Waals surface area contributed by atoms with Crippen molar-refractivity contribution in [1.29, 1.82) is 0 Å². The average Bonchev–Trinajstić information content (AvgIpc) is 2.82. The van der Waals surface area contributed by atoms with Crippen molar-refractivity contribution in [2.24, 2.45) is 5.92 Å². The van der Waals surface area contributed by atoms with Gasteiger partial charge in [0.2, 0.25) is 11.8 Å². The number of halogens is 2. The van der Waals surface area contributed by atoms with Crippen molar-refractivity contribution in [3.8, 4) is 11.4 Å². The fraction of sp³-hybridized carbons (Fsp3) is 0.480. The maximum atomic E-state index is 13.1. The van der Waals surface area contributed by atoms with E-state index in [1.165, 1.54) is 0 Å². The number of fused-ring (bicyclic) bond motifs is 1. The second-order valence-electron chi connectivity index (χ2n) is 9.77. The number of nitrogens with zero attached hydrogens (tertiary/aromatic N) is 5. The molecule has 1 saturated carbocycles. The van der Waals surface area contributed by atoms with Gasteiger partial charge in [0.15, 0.2) is 0 Å². The Morgan fingerprint density at radius 3 is 2.46 bits per heavy atom. The SMILES string of the molecule is CC(C)N1CCC(Nc2cncc(-c3cc4cc(NC(=O)C5CC(F)(F)C5)ncc4cn3)n2)CC1. The van der Waals surface area contributed by atoms with Gasteiger partial charge in [0.1, 0.15) is 17.3 Å². The van der Waals surface area contributed by atoms with Crippen LogP contribution in [0.25, 0.3) is 22.2 Å². The summed E-state index contributed by atoms with van der Waals surface area (Å²) in [6.07, 6.45) is 7.96. The van der Waals surface area contributed by atoms with E-state index in [0.29, 0.717) is 35.1 Å². The summed E-state index contributed by atoms with van der Waals surface area (Å²) < 4.78 is 26.2. The zero-order chi connectivity index (χ0) is 24.6. The van der Waals surface area contributed by atoms with Crippen LogP contribution in [0.1, 0.15) is 39.5 Å². The Morgan fingerprint density at radius 1 is 1.00 bits per heavy atom. The van der Waals surface area contributed by atoms with Gasteiger partial charge in [-0.15, -0.1) is 0 Å². The van der Waals surface area contributed by atoms with Crippen LogP contribution in [0, 0.1) is 5.92 Å². The van der Waals surface area contributed by atoms with Crippen molar-refractivity contribution >= 4 is 28.3 Å². The van der Waals surface area contributed by atoms with E-state index in [4.69, 9.17) is 4.98 Å². The van der Waals surface area contributed by atoms with E-state index in [0.717, 1.165) is 36.7 Å². The molecule has 1 aliphatic carbocycles. The van der Waals surface area contributed by atoms with Crippen LogP contribution in [0.4, 0.5) is 20.4 Å². The quantitative estimate of drug-likeness (QED) is 0.540. The lowest BCUT2D eigenvalue weighted by Crippen LogP contribution is -2.42. The summed E-state index contributed by atoms with van der Waals surface area (Å²) in [6, 6.07) is 4.49. The van der Waals surface area contributed by atoms with Crippen LogP contribution < -0.4 is 10.6 Å². The highest BCUT2D eigenvalue weighted by Gasteiger charge is 2.48. The summed E-state index contributed by atoms with van der Waals surface area (Å²) in [4.78, 5) is 32.5. The fourth-order valence-electron chi connectivity index (χ4n) is 4.65. The number of carbonyl (C=O) groups excluding carboxylic acids is 1. The van der Waals surface area contributed by atoms with Crippen LogP contribution in [-0.2, 0) is 4.79 Å². The fourth-order valence-corrected chi connectivity index (χ4v) is 4.65. The second kappa shape index (κ2) is 9.41. The zero-order valence-corrected chi connectivity index (χ0v) is 19.8. The molecule has 2 fully saturated rings. The van der Waals surface area contributed by atoms with Crippen molar-refractivity contribution in [3.05, 3.63) is 36.9 Å². The van der Waals surface area contributed by atoms with Crippen molar-refractivity contribution in [1.82, 2.24) is 24.8 Å². The Balaban J connectivity index is 1.28. The minimum Gasteiger partial charge on any atom is -0.366 e. The molecule has 1 amide bonds. The highest BCUT2D eigenvalue weighted by Crippen LogP contribution is 2.42. The molecule has 0 unspecified atom stereocenters. The van der Waals surface area contributed by atoms with Crippen molar-refractivity contribution in [2.45, 2.75) is 57.5 Å². The van der Waals surface area contributed by atoms with Gasteiger partial charge in [-0.25, -0.2) is 18.7 Å². The Hall–Kier alpha value is -3.27. The topological polar surface area (TPSA) is 95.9 Å². The molecule has 0 aromatic carbocycles. The lowest BCUT2D eigenvalue weighted by Gasteiger charge is -2.35. The molecule has 8 nitrogen and oxygen atoms in total. The number of anilines is 2. The molecule has 4 heterocycles. The Labute approximate surface area is 202 Å². The Kier molecular flexibility index (Phi) is 6.31. The maximum Gasteiger partial charge on any atom is 0.249 e. The predicted molar refractivity (Wildman–Crippen MR) is 130 cm³/mol. The molecule has 3 aromatic rings. The van der Waals surface area contributed by atoms with Gasteiger partial charge in [0.25, 0.3) is 0 Å². The number of carbonyl (C=O) groups is 1. The number of rotatable bonds is 6. The van der Waals surface area contributed by atoms with Gasteiger partial charge in [-0.3, -0.25) is 14.8 Å². The first-order chi connectivity index (χ1) is 16.8. The van der Waals surface area contributed by atoms with Gasteiger partial charge in [0, 0.05) is 61.7 Å². The third kappa shape index (κ3) is 5.37. The minimum absolute atomic E-state index is 0.323. The van der Waals surface area contributed by atoms with Crippen LogP contribution in [0.3, 0.4) is 0 Å². The third-order valence-corrected chi connectivity index (χ3v) is 6.82. The largest absolute Gasteiger partial charge is 0.366 e. The zero-order valence-electron chi connectivity index (χ0n) is 19.8. The lowest BCUT2D eigenvalue weighted by atomic mass is 9.81. The molecular weight excluding hydrogens is 452 g/mol. The molecule has 10 heteroatoms. The highest BCUT2D eigenvalue weighted by atomic mass is 19.3. The molecular formula is C25H29F2N7O. The average molecular weight is 482 g/mol. The lowest BCUT2D eigenvalue weighted by molar-refractivity contribution is -0.145. The first kappa shape index (κ1) is 23.5. The Morgan fingerprint density at radius 2 is 1.74 bits per heavy atom. The number of likely N-dealkylation sites (tertiary alicyclic amines) is 1. The highest BCUT2D eigenvalue weighted by molar-refractivity contribution is 5.95. The van der Waals surface area contributed by atoms with Crippen molar-refractivity contribution in [2.75, 3.05) is 23.7 Å². The summed E-state index contributed by atoms with van der Waals surface area (Å²) in [5.41, 5.74) is 1.28. The van der Waals surface area contributed by atoms with Crippen molar-refractivity contribution in [3.63, 3.8) is 0 Å². The van der Waals surface area contributed by atoms with Crippen LogP contribution in [0.15, 0.2) is 36.9 Å². The van der Waals surface area contributed by atoms with Gasteiger partial charge in [-0.2, -0.15) is 0 Å². The number of amides is 1. The van der Waals surface area contributed by atoms with E-state index >= 15 is 0 Å². The van der Waals surface area contributed by atoms with Gasteiger partial charge in [0.05, 0.1) is 18.1 Å². The van der Waals surface area contributed by atoms with E-state index in [2.05, 4.69) is 44.3 Å². The first-order valence-electron chi connectivity index (χ1n) is 12.0. The molecule has 2 N–H and O–H groups in total. The molecule has 1 saturated heterocycles. The molecule has 1 aliphatic heterocycles. The summed E-state index contributed by atoms with van der Waals surface area (Å²) in [5.74, 6) is -2.81. The number of piperidine rings is 1. The molecule has 0 atom stereocenters. The predicted octanol–water partition coefficient (Wildman–Crippen LogP) is 4.36. The molecule has 0 spiro atoms. The van der Waals surface area contributed by atoms with E-state index < -0.39 is 30.6 Å². The summed E-state index contributed by atoms with van der Waals surface area (Å²) >= 11 is 0. The van der Waals surface area contributed by atoms with Gasteiger partial charge < -0.3 is 15.5 Å². The van der Waals surface area contributed by atoms with E-state index in [-0.39, 0.29) is 0 Å². The summed E-state index contributed by atoms with van der Waals surface area (Å²) in [5, 5.41) is 7.76. The van der Waals surface area contributed by atoms with Gasteiger partial charge in [-0.05, 0) is 44.2 Å². The minimum atomic E-state index is -2.74. The summed E-state index contributed by atoms with van der Waals surface area (Å²) in [7, 11) is 0. The second-order valence-corrected chi connectivity index (χ2v) is 9.77. The van der Waals surface area contributed by atoms with Gasteiger partial charge in [-0.1, -0.05) is 0 Å². The number of pyridine rings is 2. The molecule has 0 bridgehead atoms. The molecule has 35 heavy (non-hydrogen) atoms. The number of hydrogen-bond donors (Lipinski definition) is 2. The van der Waals surface area contributed by atoms with E-state index in [1.54, 1.807) is 30.9 Å². The number of hydrogen-bond acceptors (Lipinski definition) is 7. The number of aromatic nitrogens is 4. The standard InChI is InChI=1S/C25H29F2N7O/c1-15(2)34-5-3-19(4-6-34)31-23-14-28-13-21(32-23)20-7-16-8-22(30-12-18(16)11-29-20)33-24(35)17-9-25(26,27)10-17/h7-8,11-15,17,19H,3-6,9-10H2,1-2H3,(H,31,32)(H,30,33,35). The Bertz CT molecular complexity index is 1220.